The Morgan fingerprint density at radius 3 is 2.23 bits per heavy atom. The summed E-state index contributed by atoms with van der Waals surface area (Å²) in [7, 11) is -3.56. The van der Waals surface area contributed by atoms with Crippen molar-refractivity contribution < 1.29 is 8.42 Å². The van der Waals surface area contributed by atoms with Crippen molar-refractivity contribution in [2.75, 3.05) is 32.7 Å². The van der Waals surface area contributed by atoms with Crippen molar-refractivity contribution in [1.29, 1.82) is 0 Å². The van der Waals surface area contributed by atoms with Crippen LogP contribution >= 0.6 is 23.2 Å². The van der Waals surface area contributed by atoms with Gasteiger partial charge in [0, 0.05) is 26.2 Å². The molecular formula is C19H28Cl2N2O2S. The topological polar surface area (TPSA) is 40.6 Å². The summed E-state index contributed by atoms with van der Waals surface area (Å²) in [5.74, 6) is 0.675. The van der Waals surface area contributed by atoms with E-state index in [2.05, 4.69) is 25.7 Å². The van der Waals surface area contributed by atoms with Gasteiger partial charge in [0.2, 0.25) is 10.0 Å². The average molecular weight is 419 g/mol. The van der Waals surface area contributed by atoms with Crippen LogP contribution in [0.25, 0.3) is 0 Å². The summed E-state index contributed by atoms with van der Waals surface area (Å²) >= 11 is 12.0. The van der Waals surface area contributed by atoms with Gasteiger partial charge in [-0.25, -0.2) is 8.42 Å². The van der Waals surface area contributed by atoms with E-state index in [0.717, 1.165) is 19.6 Å². The lowest BCUT2D eigenvalue weighted by Gasteiger charge is -2.55. The zero-order chi connectivity index (χ0) is 19.1. The summed E-state index contributed by atoms with van der Waals surface area (Å²) in [5.41, 5.74) is 0.159. The van der Waals surface area contributed by atoms with Crippen LogP contribution in [-0.2, 0) is 10.0 Å². The van der Waals surface area contributed by atoms with E-state index in [1.165, 1.54) is 18.9 Å². The Balaban J connectivity index is 1.82. The van der Waals surface area contributed by atoms with Gasteiger partial charge < -0.3 is 4.90 Å². The van der Waals surface area contributed by atoms with Gasteiger partial charge in [-0.3, -0.25) is 0 Å². The van der Waals surface area contributed by atoms with Gasteiger partial charge in [-0.2, -0.15) is 4.31 Å². The molecule has 146 valence electrons. The number of benzene rings is 1. The molecule has 2 aliphatic heterocycles. The van der Waals surface area contributed by atoms with Crippen LogP contribution in [0.2, 0.25) is 10.0 Å². The molecule has 2 unspecified atom stereocenters. The first-order valence-corrected chi connectivity index (χ1v) is 11.5. The molecule has 4 nitrogen and oxygen atoms in total. The smallest absolute Gasteiger partial charge is 0.243 e. The highest BCUT2D eigenvalue weighted by Gasteiger charge is 2.49. The Hall–Kier alpha value is -0.330. The first-order chi connectivity index (χ1) is 12.2. The zero-order valence-corrected chi connectivity index (χ0v) is 18.0. The normalized spacial score (nSPS) is 26.8. The fourth-order valence-corrected chi connectivity index (χ4v) is 6.12. The number of sulfonamides is 1. The van der Waals surface area contributed by atoms with Gasteiger partial charge in [0.05, 0.1) is 14.9 Å². The molecule has 0 amide bonds. The van der Waals surface area contributed by atoms with Gasteiger partial charge in [0.15, 0.2) is 0 Å². The third-order valence-electron chi connectivity index (χ3n) is 6.27. The molecule has 2 saturated heterocycles. The minimum Gasteiger partial charge on any atom is -0.303 e. The third kappa shape index (κ3) is 3.79. The SMILES string of the molecule is CCCCN1CC2CN(S(=O)(=O)c3ccc(Cl)c(Cl)c3)CC(C1)C2(C)C. The van der Waals surface area contributed by atoms with Gasteiger partial charge in [-0.15, -0.1) is 0 Å². The standard InChI is InChI=1S/C19H28Cl2N2O2S/c1-4-5-8-22-10-14-12-23(13-15(11-22)19(14,2)3)26(24,25)16-6-7-17(20)18(21)9-16/h6-7,9,14-15H,4-5,8,10-13H2,1-3H3. The van der Waals surface area contributed by atoms with Gasteiger partial charge in [-0.05, 0) is 48.4 Å². The molecule has 1 aromatic rings. The minimum absolute atomic E-state index is 0.159. The van der Waals surface area contributed by atoms with Crippen molar-refractivity contribution in [1.82, 2.24) is 9.21 Å². The maximum Gasteiger partial charge on any atom is 0.243 e. The predicted molar refractivity (Wildman–Crippen MR) is 107 cm³/mol. The van der Waals surface area contributed by atoms with Crippen molar-refractivity contribution >= 4 is 33.2 Å². The highest BCUT2D eigenvalue weighted by Crippen LogP contribution is 2.45. The molecule has 2 atom stereocenters. The Bertz CT molecular complexity index is 749. The van der Waals surface area contributed by atoms with Crippen LogP contribution in [0, 0.1) is 17.3 Å². The number of fused-ring (bicyclic) bond motifs is 2. The Labute approximate surface area is 167 Å². The average Bonchev–Trinajstić information content (AvgIpc) is 2.55. The highest BCUT2D eigenvalue weighted by molar-refractivity contribution is 7.89. The summed E-state index contributed by atoms with van der Waals surface area (Å²) in [6.07, 6.45) is 2.39. The first-order valence-electron chi connectivity index (χ1n) is 9.33. The number of likely N-dealkylation sites (tertiary alicyclic amines) is 1. The van der Waals surface area contributed by atoms with Crippen LogP contribution < -0.4 is 0 Å². The summed E-state index contributed by atoms with van der Waals surface area (Å²) in [6, 6.07) is 4.56. The Morgan fingerprint density at radius 2 is 1.69 bits per heavy atom. The van der Waals surface area contributed by atoms with Crippen molar-refractivity contribution in [3.63, 3.8) is 0 Å². The number of halogens is 2. The number of nitrogens with zero attached hydrogens (tertiary/aromatic N) is 2. The molecule has 0 aliphatic carbocycles. The van der Waals surface area contributed by atoms with Crippen LogP contribution in [0.4, 0.5) is 0 Å². The molecule has 2 bridgehead atoms. The first kappa shape index (κ1) is 20.4. The quantitative estimate of drug-likeness (QED) is 0.712. The van der Waals surface area contributed by atoms with E-state index in [0.29, 0.717) is 29.9 Å². The van der Waals surface area contributed by atoms with E-state index < -0.39 is 10.0 Å². The molecule has 7 heteroatoms. The summed E-state index contributed by atoms with van der Waals surface area (Å²) < 4.78 is 28.0. The second-order valence-electron chi connectivity index (χ2n) is 8.23. The van der Waals surface area contributed by atoms with Crippen LogP contribution in [0.15, 0.2) is 23.1 Å². The molecule has 3 rings (SSSR count). The largest absolute Gasteiger partial charge is 0.303 e. The van der Waals surface area contributed by atoms with E-state index in [-0.39, 0.29) is 15.3 Å². The van der Waals surface area contributed by atoms with E-state index >= 15 is 0 Å². The molecule has 0 aromatic heterocycles. The fourth-order valence-electron chi connectivity index (χ4n) is 4.20. The molecule has 0 radical (unpaired) electrons. The minimum atomic E-state index is -3.56. The summed E-state index contributed by atoms with van der Waals surface area (Å²) in [5, 5.41) is 0.643. The molecule has 0 N–H and O–H groups in total. The Kier molecular flexibility index (Phi) is 5.96. The molecule has 0 spiro atoms. The molecule has 1 aromatic carbocycles. The van der Waals surface area contributed by atoms with Gasteiger partial charge >= 0.3 is 0 Å². The van der Waals surface area contributed by atoms with Crippen molar-refractivity contribution in [3.05, 3.63) is 28.2 Å². The van der Waals surface area contributed by atoms with E-state index in [1.54, 1.807) is 16.4 Å². The molecule has 2 heterocycles. The van der Waals surface area contributed by atoms with E-state index in [9.17, 15) is 8.42 Å². The van der Waals surface area contributed by atoms with Crippen molar-refractivity contribution in [3.8, 4) is 0 Å². The lowest BCUT2D eigenvalue weighted by molar-refractivity contribution is -0.0493. The van der Waals surface area contributed by atoms with Gasteiger partial charge in [0.25, 0.3) is 0 Å². The lowest BCUT2D eigenvalue weighted by atomic mass is 9.64. The zero-order valence-electron chi connectivity index (χ0n) is 15.7. The number of piperidine rings is 2. The second-order valence-corrected chi connectivity index (χ2v) is 11.0. The monoisotopic (exact) mass is 418 g/mol. The molecule has 2 fully saturated rings. The number of hydrogen-bond acceptors (Lipinski definition) is 3. The molecule has 0 saturated carbocycles. The van der Waals surface area contributed by atoms with Crippen molar-refractivity contribution in [2.45, 2.75) is 38.5 Å². The van der Waals surface area contributed by atoms with Crippen LogP contribution in [-0.4, -0.2) is 50.3 Å². The lowest BCUT2D eigenvalue weighted by Crippen LogP contribution is -2.62. The van der Waals surface area contributed by atoms with Crippen LogP contribution in [0.3, 0.4) is 0 Å². The Morgan fingerprint density at radius 1 is 1.08 bits per heavy atom. The van der Waals surface area contributed by atoms with Crippen LogP contribution in [0.1, 0.15) is 33.6 Å². The molecule has 2 aliphatic rings. The fraction of sp³-hybridized carbons (Fsp3) is 0.684. The van der Waals surface area contributed by atoms with Gasteiger partial charge in [0.1, 0.15) is 0 Å². The maximum atomic E-state index is 13.2. The highest BCUT2D eigenvalue weighted by atomic mass is 35.5. The van der Waals surface area contributed by atoms with Crippen molar-refractivity contribution in [2.24, 2.45) is 17.3 Å². The van der Waals surface area contributed by atoms with Gasteiger partial charge in [-0.1, -0.05) is 50.4 Å². The second kappa shape index (κ2) is 7.59. The molecule has 26 heavy (non-hydrogen) atoms. The number of rotatable bonds is 5. The number of unbranched alkanes of at least 4 members (excludes halogenated alkanes) is 1. The predicted octanol–water partition coefficient (Wildman–Crippen LogP) is 4.37. The molecular weight excluding hydrogens is 391 g/mol. The summed E-state index contributed by atoms with van der Waals surface area (Å²) in [6.45, 7) is 11.0. The number of hydrogen-bond donors (Lipinski definition) is 0. The summed E-state index contributed by atoms with van der Waals surface area (Å²) in [4.78, 5) is 2.75. The van der Waals surface area contributed by atoms with E-state index in [1.807, 2.05) is 0 Å². The van der Waals surface area contributed by atoms with E-state index in [4.69, 9.17) is 23.2 Å². The third-order valence-corrected chi connectivity index (χ3v) is 8.83. The maximum absolute atomic E-state index is 13.2. The van der Waals surface area contributed by atoms with Crippen LogP contribution in [0.5, 0.6) is 0 Å².